The van der Waals surface area contributed by atoms with Crippen LogP contribution in [0.15, 0.2) is 36.4 Å². The number of Topliss-reactive ketones (excluding diaryl/α,β-unsaturated/α-hetero) is 1. The number of rotatable bonds is 3. The largest absolute Gasteiger partial charge is 0.295 e. The molecule has 0 saturated heterocycles. The van der Waals surface area contributed by atoms with Gasteiger partial charge in [0.25, 0.3) is 0 Å². The summed E-state index contributed by atoms with van der Waals surface area (Å²) in [6.45, 7) is 3.46. The summed E-state index contributed by atoms with van der Waals surface area (Å²) < 4.78 is 13.7. The van der Waals surface area contributed by atoms with Gasteiger partial charge < -0.3 is 0 Å². The van der Waals surface area contributed by atoms with Gasteiger partial charge in [-0.1, -0.05) is 19.1 Å². The second kappa shape index (κ2) is 5.08. The molecule has 0 N–H and O–H groups in total. The number of benzene rings is 1. The molecule has 1 heterocycles. The Morgan fingerprint density at radius 2 is 2.00 bits per heavy atom. The van der Waals surface area contributed by atoms with Crippen molar-refractivity contribution in [3.63, 3.8) is 0 Å². The number of nitrogens with zero attached hydrogens (tertiary/aromatic N) is 1. The number of carbonyl (C=O) groups is 1. The summed E-state index contributed by atoms with van der Waals surface area (Å²) in [5.74, 6) is -0.363. The summed E-state index contributed by atoms with van der Waals surface area (Å²) in [6, 6.07) is 9.84. The number of halogens is 1. The van der Waals surface area contributed by atoms with E-state index in [-0.39, 0.29) is 11.6 Å². The van der Waals surface area contributed by atoms with E-state index in [1.165, 1.54) is 13.0 Å². The van der Waals surface area contributed by atoms with Crippen LogP contribution in [0.25, 0.3) is 11.3 Å². The van der Waals surface area contributed by atoms with Gasteiger partial charge in [0, 0.05) is 16.8 Å². The fourth-order valence-electron chi connectivity index (χ4n) is 1.78. The summed E-state index contributed by atoms with van der Waals surface area (Å²) in [7, 11) is 0. The average molecular weight is 243 g/mol. The van der Waals surface area contributed by atoms with Crippen LogP contribution in [-0.4, -0.2) is 10.8 Å². The zero-order valence-corrected chi connectivity index (χ0v) is 10.4. The zero-order chi connectivity index (χ0) is 13.1. The molecule has 0 radical (unpaired) electrons. The highest BCUT2D eigenvalue weighted by molar-refractivity contribution is 5.95. The fourth-order valence-corrected chi connectivity index (χ4v) is 1.78. The Bertz CT molecular complexity index is 593. The maximum atomic E-state index is 13.7. The SMILES string of the molecule is CCc1cc(C(C)=O)cc(-c2ccccc2F)n1. The lowest BCUT2D eigenvalue weighted by atomic mass is 10.0. The second-order valence-corrected chi connectivity index (χ2v) is 4.12. The molecular weight excluding hydrogens is 229 g/mol. The Kier molecular flexibility index (Phi) is 3.51. The zero-order valence-electron chi connectivity index (χ0n) is 10.4. The minimum atomic E-state index is -0.326. The van der Waals surface area contributed by atoms with Gasteiger partial charge in [-0.2, -0.15) is 0 Å². The first kappa shape index (κ1) is 12.4. The molecule has 1 aromatic heterocycles. The van der Waals surface area contributed by atoms with Crippen LogP contribution in [0.3, 0.4) is 0 Å². The Hall–Kier alpha value is -2.03. The van der Waals surface area contributed by atoms with Crippen molar-refractivity contribution in [3.8, 4) is 11.3 Å². The summed E-state index contributed by atoms with van der Waals surface area (Å²) in [4.78, 5) is 15.8. The number of aryl methyl sites for hydroxylation is 1. The summed E-state index contributed by atoms with van der Waals surface area (Å²) in [6.07, 6.45) is 0.711. The van der Waals surface area contributed by atoms with Crippen molar-refractivity contribution in [2.24, 2.45) is 0 Å². The van der Waals surface area contributed by atoms with Gasteiger partial charge in [-0.25, -0.2) is 4.39 Å². The standard InChI is InChI=1S/C15H14FNO/c1-3-12-8-11(10(2)18)9-15(17-12)13-6-4-5-7-14(13)16/h4-9H,3H2,1-2H3. The predicted molar refractivity (Wildman–Crippen MR) is 69.0 cm³/mol. The summed E-state index contributed by atoms with van der Waals surface area (Å²) in [5.41, 5.74) is 2.30. The van der Waals surface area contributed by atoms with Crippen molar-refractivity contribution >= 4 is 5.78 Å². The molecule has 0 bridgehead atoms. The van der Waals surface area contributed by atoms with Crippen LogP contribution in [0.4, 0.5) is 4.39 Å². The third-order valence-corrected chi connectivity index (χ3v) is 2.80. The molecule has 2 aromatic rings. The monoisotopic (exact) mass is 243 g/mol. The van der Waals surface area contributed by atoms with E-state index in [1.54, 1.807) is 30.3 Å². The Labute approximate surface area is 105 Å². The molecule has 0 atom stereocenters. The molecule has 0 saturated carbocycles. The van der Waals surface area contributed by atoms with Crippen molar-refractivity contribution in [2.45, 2.75) is 20.3 Å². The molecule has 0 aliphatic heterocycles. The molecule has 2 nitrogen and oxygen atoms in total. The van der Waals surface area contributed by atoms with Crippen molar-refractivity contribution in [1.29, 1.82) is 0 Å². The van der Waals surface area contributed by atoms with Crippen LogP contribution in [0.2, 0.25) is 0 Å². The van der Waals surface area contributed by atoms with Crippen LogP contribution in [0, 0.1) is 5.82 Å². The minimum absolute atomic E-state index is 0.0373. The molecule has 0 fully saturated rings. The molecular formula is C15H14FNO. The van der Waals surface area contributed by atoms with Gasteiger partial charge in [-0.05, 0) is 37.6 Å². The third-order valence-electron chi connectivity index (χ3n) is 2.80. The first-order valence-corrected chi connectivity index (χ1v) is 5.88. The average Bonchev–Trinajstić information content (AvgIpc) is 2.38. The van der Waals surface area contributed by atoms with Crippen LogP contribution >= 0.6 is 0 Å². The quantitative estimate of drug-likeness (QED) is 0.770. The molecule has 3 heteroatoms. The van der Waals surface area contributed by atoms with E-state index in [0.717, 1.165) is 5.69 Å². The maximum Gasteiger partial charge on any atom is 0.159 e. The van der Waals surface area contributed by atoms with Crippen molar-refractivity contribution in [3.05, 3.63) is 53.5 Å². The van der Waals surface area contributed by atoms with Gasteiger partial charge in [-0.3, -0.25) is 9.78 Å². The van der Waals surface area contributed by atoms with E-state index in [9.17, 15) is 9.18 Å². The van der Waals surface area contributed by atoms with E-state index >= 15 is 0 Å². The van der Waals surface area contributed by atoms with Gasteiger partial charge in [-0.15, -0.1) is 0 Å². The van der Waals surface area contributed by atoms with Crippen molar-refractivity contribution in [2.75, 3.05) is 0 Å². The lowest BCUT2D eigenvalue weighted by Gasteiger charge is -2.07. The van der Waals surface area contributed by atoms with Gasteiger partial charge in [0.2, 0.25) is 0 Å². The number of pyridine rings is 1. The van der Waals surface area contributed by atoms with E-state index in [2.05, 4.69) is 4.98 Å². The van der Waals surface area contributed by atoms with Gasteiger partial charge >= 0.3 is 0 Å². The first-order chi connectivity index (χ1) is 8.61. The van der Waals surface area contributed by atoms with Gasteiger partial charge in [0.05, 0.1) is 5.69 Å². The Morgan fingerprint density at radius 3 is 2.61 bits per heavy atom. The number of aromatic nitrogens is 1. The van der Waals surface area contributed by atoms with E-state index < -0.39 is 0 Å². The van der Waals surface area contributed by atoms with E-state index in [4.69, 9.17) is 0 Å². The first-order valence-electron chi connectivity index (χ1n) is 5.88. The maximum absolute atomic E-state index is 13.7. The van der Waals surface area contributed by atoms with Crippen LogP contribution in [0.1, 0.15) is 29.9 Å². The van der Waals surface area contributed by atoms with Gasteiger partial charge in [0.15, 0.2) is 5.78 Å². The smallest absolute Gasteiger partial charge is 0.159 e. The normalized spacial score (nSPS) is 10.4. The Balaban J connectivity index is 2.60. The van der Waals surface area contributed by atoms with Crippen LogP contribution < -0.4 is 0 Å². The van der Waals surface area contributed by atoms with E-state index in [1.807, 2.05) is 6.92 Å². The molecule has 0 spiro atoms. The van der Waals surface area contributed by atoms with Crippen LogP contribution in [0.5, 0.6) is 0 Å². The molecule has 0 aliphatic carbocycles. The minimum Gasteiger partial charge on any atom is -0.295 e. The number of ketones is 1. The second-order valence-electron chi connectivity index (χ2n) is 4.12. The lowest BCUT2D eigenvalue weighted by molar-refractivity contribution is 0.101. The summed E-state index contributed by atoms with van der Waals surface area (Å²) in [5, 5.41) is 0. The van der Waals surface area contributed by atoms with Crippen molar-refractivity contribution in [1.82, 2.24) is 4.98 Å². The number of hydrogen-bond donors (Lipinski definition) is 0. The molecule has 0 unspecified atom stereocenters. The van der Waals surface area contributed by atoms with Crippen LogP contribution in [-0.2, 0) is 6.42 Å². The molecule has 92 valence electrons. The summed E-state index contributed by atoms with van der Waals surface area (Å²) >= 11 is 0. The highest BCUT2D eigenvalue weighted by Gasteiger charge is 2.10. The highest BCUT2D eigenvalue weighted by Crippen LogP contribution is 2.22. The number of carbonyl (C=O) groups excluding carboxylic acids is 1. The predicted octanol–water partition coefficient (Wildman–Crippen LogP) is 3.65. The lowest BCUT2D eigenvalue weighted by Crippen LogP contribution is -1.99. The Morgan fingerprint density at radius 1 is 1.28 bits per heavy atom. The molecule has 0 aliphatic rings. The van der Waals surface area contributed by atoms with Gasteiger partial charge in [0.1, 0.15) is 5.82 Å². The molecule has 2 rings (SSSR count). The van der Waals surface area contributed by atoms with E-state index in [0.29, 0.717) is 23.2 Å². The highest BCUT2D eigenvalue weighted by atomic mass is 19.1. The molecule has 1 aromatic carbocycles. The molecule has 0 amide bonds. The van der Waals surface area contributed by atoms with Crippen molar-refractivity contribution < 1.29 is 9.18 Å². The third kappa shape index (κ3) is 2.45. The molecule has 18 heavy (non-hydrogen) atoms. The number of hydrogen-bond acceptors (Lipinski definition) is 2. The fraction of sp³-hybridized carbons (Fsp3) is 0.200. The topological polar surface area (TPSA) is 30.0 Å².